The smallest absolute Gasteiger partial charge is 0.243 e. The van der Waals surface area contributed by atoms with Gasteiger partial charge in [0.15, 0.2) is 17.1 Å². The zero-order valence-corrected chi connectivity index (χ0v) is 17.0. The molecule has 0 amide bonds. The molecule has 1 unspecified atom stereocenters. The van der Waals surface area contributed by atoms with Gasteiger partial charge >= 0.3 is 0 Å². The average Bonchev–Trinajstić information content (AvgIpc) is 3.29. The predicted octanol–water partition coefficient (Wildman–Crippen LogP) is 3.19. The topological polar surface area (TPSA) is 79.2 Å². The number of hydrogen-bond acceptors (Lipinski definition) is 5. The fourth-order valence-corrected chi connectivity index (χ4v) is 5.29. The van der Waals surface area contributed by atoms with Gasteiger partial charge in [-0.2, -0.15) is 4.31 Å². The van der Waals surface area contributed by atoms with Gasteiger partial charge in [-0.05, 0) is 43.4 Å². The summed E-state index contributed by atoms with van der Waals surface area (Å²) in [5, 5.41) is 0.148. The number of sulfonamides is 1. The molecule has 8 heteroatoms. The highest BCUT2D eigenvalue weighted by atomic mass is 35.5. The first-order valence-electron chi connectivity index (χ1n) is 9.30. The number of carbonyl (C=O) groups excluding carboxylic acids is 1. The number of carbonyl (C=O) groups is 1. The molecule has 1 saturated heterocycles. The Balaban J connectivity index is 1.82. The van der Waals surface area contributed by atoms with E-state index in [1.54, 1.807) is 24.3 Å². The number of benzene rings is 1. The summed E-state index contributed by atoms with van der Waals surface area (Å²) in [5.41, 5.74) is 0.315. The Kier molecular flexibility index (Phi) is 6.13. The van der Waals surface area contributed by atoms with Gasteiger partial charge in [-0.3, -0.25) is 4.79 Å². The summed E-state index contributed by atoms with van der Waals surface area (Å²) in [5.74, 6) is 0. The van der Waals surface area contributed by atoms with Gasteiger partial charge in [0.05, 0.1) is 4.90 Å². The highest BCUT2D eigenvalue weighted by Gasteiger charge is 2.35. The van der Waals surface area contributed by atoms with Crippen LogP contribution >= 0.6 is 11.6 Å². The van der Waals surface area contributed by atoms with Crippen molar-refractivity contribution in [3.05, 3.63) is 29.8 Å². The van der Waals surface area contributed by atoms with Gasteiger partial charge in [0, 0.05) is 19.5 Å². The van der Waals surface area contributed by atoms with Gasteiger partial charge in [-0.25, -0.2) is 18.4 Å². The molecule has 3 rings (SSSR count). The predicted molar refractivity (Wildman–Crippen MR) is 107 cm³/mol. The lowest BCUT2D eigenvalue weighted by molar-refractivity contribution is -0.102. The minimum atomic E-state index is -3.42. The minimum Gasteiger partial charge on any atom is -0.296 e. The second-order valence-electron chi connectivity index (χ2n) is 7.04. The van der Waals surface area contributed by atoms with Gasteiger partial charge in [-0.1, -0.05) is 37.1 Å². The van der Waals surface area contributed by atoms with Crippen LogP contribution in [0.25, 0.3) is 0 Å². The van der Waals surface area contributed by atoms with E-state index in [-0.39, 0.29) is 10.9 Å². The van der Waals surface area contributed by atoms with Crippen molar-refractivity contribution in [2.24, 2.45) is 9.98 Å². The third-order valence-electron chi connectivity index (χ3n) is 5.00. The van der Waals surface area contributed by atoms with E-state index >= 15 is 0 Å². The second kappa shape index (κ2) is 8.20. The lowest BCUT2D eigenvalue weighted by Crippen LogP contribution is -2.28. The molecule has 0 spiro atoms. The molecule has 0 radical (unpaired) electrons. The van der Waals surface area contributed by atoms with Crippen LogP contribution in [-0.2, 0) is 21.2 Å². The molecule has 1 atom stereocenters. The molecule has 0 aliphatic carbocycles. The standard InChI is InChI=1S/C19H24ClN3O3S/c1-2-3-10-19(21-17(14-24)18(20)22-19)13-15-6-8-16(9-7-15)27(25,26)23-11-4-5-12-23/h6-9,14H,2-5,10-13H2,1H3. The summed E-state index contributed by atoms with van der Waals surface area (Å²) in [6, 6.07) is 6.88. The summed E-state index contributed by atoms with van der Waals surface area (Å²) in [6.07, 6.45) is 5.50. The van der Waals surface area contributed by atoms with Gasteiger partial charge in [0.25, 0.3) is 0 Å². The molecule has 0 N–H and O–H groups in total. The number of nitrogens with zero attached hydrogens (tertiary/aromatic N) is 3. The first-order valence-corrected chi connectivity index (χ1v) is 11.1. The Morgan fingerprint density at radius 1 is 1.19 bits per heavy atom. The van der Waals surface area contributed by atoms with E-state index in [1.165, 1.54) is 4.31 Å². The van der Waals surface area contributed by atoms with Crippen molar-refractivity contribution in [3.8, 4) is 0 Å². The molecule has 1 aromatic rings. The van der Waals surface area contributed by atoms with Crippen molar-refractivity contribution in [1.82, 2.24) is 4.31 Å². The minimum absolute atomic E-state index is 0.148. The van der Waals surface area contributed by atoms with Crippen molar-refractivity contribution >= 4 is 38.8 Å². The summed E-state index contributed by atoms with van der Waals surface area (Å²) >= 11 is 6.07. The fraction of sp³-hybridized carbons (Fsp3) is 0.526. The molecular weight excluding hydrogens is 386 g/mol. The van der Waals surface area contributed by atoms with Gasteiger partial charge < -0.3 is 0 Å². The van der Waals surface area contributed by atoms with Crippen molar-refractivity contribution in [2.75, 3.05) is 13.1 Å². The summed E-state index contributed by atoms with van der Waals surface area (Å²) in [6.45, 7) is 3.25. The third kappa shape index (κ3) is 4.31. The number of halogens is 1. The van der Waals surface area contributed by atoms with Crippen LogP contribution in [0.3, 0.4) is 0 Å². The molecule has 146 valence electrons. The van der Waals surface area contributed by atoms with Crippen molar-refractivity contribution in [2.45, 2.75) is 56.0 Å². The Morgan fingerprint density at radius 3 is 2.41 bits per heavy atom. The van der Waals surface area contributed by atoms with Crippen molar-refractivity contribution in [1.29, 1.82) is 0 Å². The van der Waals surface area contributed by atoms with E-state index in [9.17, 15) is 13.2 Å². The molecule has 2 aliphatic rings. The molecule has 1 aromatic carbocycles. The number of unbranched alkanes of at least 4 members (excludes halogenated alkanes) is 1. The lowest BCUT2D eigenvalue weighted by atomic mass is 9.95. The highest BCUT2D eigenvalue weighted by molar-refractivity contribution is 7.89. The zero-order valence-electron chi connectivity index (χ0n) is 15.4. The molecule has 0 saturated carbocycles. The molecule has 27 heavy (non-hydrogen) atoms. The Morgan fingerprint density at radius 2 is 1.85 bits per heavy atom. The molecule has 6 nitrogen and oxygen atoms in total. The maximum atomic E-state index is 12.6. The summed E-state index contributed by atoms with van der Waals surface area (Å²) in [7, 11) is -3.42. The molecule has 0 aromatic heterocycles. The van der Waals surface area contributed by atoms with Crippen molar-refractivity contribution in [3.63, 3.8) is 0 Å². The van der Waals surface area contributed by atoms with Gasteiger partial charge in [-0.15, -0.1) is 0 Å². The van der Waals surface area contributed by atoms with Crippen LogP contribution < -0.4 is 0 Å². The van der Waals surface area contributed by atoms with E-state index in [0.717, 1.165) is 31.2 Å². The largest absolute Gasteiger partial charge is 0.296 e. The first-order chi connectivity index (χ1) is 12.9. The van der Waals surface area contributed by atoms with Crippen LogP contribution in [-0.4, -0.2) is 48.6 Å². The third-order valence-corrected chi connectivity index (χ3v) is 7.19. The Bertz CT molecular complexity index is 859. The fourth-order valence-electron chi connectivity index (χ4n) is 3.53. The molecule has 1 fully saturated rings. The number of aliphatic imine (C=N–C) groups is 2. The summed E-state index contributed by atoms with van der Waals surface area (Å²) in [4.78, 5) is 20.4. The van der Waals surface area contributed by atoms with Crippen LogP contribution in [0.2, 0.25) is 0 Å². The zero-order chi connectivity index (χ0) is 19.5. The maximum absolute atomic E-state index is 12.6. The normalized spacial score (nSPS) is 23.3. The molecule has 2 aliphatic heterocycles. The molecule has 0 bridgehead atoms. The summed E-state index contributed by atoms with van der Waals surface area (Å²) < 4.78 is 26.8. The number of rotatable bonds is 8. The van der Waals surface area contributed by atoms with E-state index in [4.69, 9.17) is 11.6 Å². The first kappa shape index (κ1) is 20.2. The van der Waals surface area contributed by atoms with Crippen LogP contribution in [0, 0.1) is 0 Å². The van der Waals surface area contributed by atoms with Crippen LogP contribution in [0.15, 0.2) is 39.1 Å². The van der Waals surface area contributed by atoms with Crippen LogP contribution in [0.5, 0.6) is 0 Å². The van der Waals surface area contributed by atoms with Gasteiger partial charge in [0.2, 0.25) is 10.0 Å². The van der Waals surface area contributed by atoms with E-state index in [2.05, 4.69) is 16.9 Å². The maximum Gasteiger partial charge on any atom is 0.243 e. The van der Waals surface area contributed by atoms with Crippen LogP contribution in [0.1, 0.15) is 44.6 Å². The Hall–Kier alpha value is -1.57. The van der Waals surface area contributed by atoms with E-state index in [0.29, 0.717) is 37.1 Å². The SMILES string of the molecule is CCCCC1(Cc2ccc(S(=O)(=O)N3CCCC3)cc2)N=C(Cl)C(C=O)=N1. The monoisotopic (exact) mass is 409 g/mol. The quantitative estimate of drug-likeness (QED) is 0.618. The van der Waals surface area contributed by atoms with E-state index in [1.807, 2.05) is 0 Å². The average molecular weight is 410 g/mol. The molecule has 2 heterocycles. The van der Waals surface area contributed by atoms with Crippen LogP contribution in [0.4, 0.5) is 0 Å². The highest BCUT2D eigenvalue weighted by Crippen LogP contribution is 2.32. The van der Waals surface area contributed by atoms with Crippen molar-refractivity contribution < 1.29 is 13.2 Å². The second-order valence-corrected chi connectivity index (χ2v) is 9.33. The number of aldehydes is 1. The van der Waals surface area contributed by atoms with E-state index < -0.39 is 15.7 Å². The number of hydrogen-bond donors (Lipinski definition) is 0. The Labute approximate surface area is 165 Å². The van der Waals surface area contributed by atoms with Gasteiger partial charge in [0.1, 0.15) is 5.71 Å². The molecular formula is C19H24ClN3O3S. The lowest BCUT2D eigenvalue weighted by Gasteiger charge is -2.23.